The standard InChI is InChI=1S/Be.Na.H2O4Si.H2O/c;;1-5(2,3)4;/h;;1-2H;1H2/q+2;+1;-2;/p-1. The Morgan fingerprint density at radius 3 is 1.12 bits per heavy atom. The van der Waals surface area contributed by atoms with Gasteiger partial charge in [0, 0.05) is 0 Å². The van der Waals surface area contributed by atoms with E-state index in [1.807, 2.05) is 0 Å². The molecule has 0 aliphatic heterocycles. The molecule has 0 bridgehead atoms. The molecule has 3 N–H and O–H groups in total. The second-order valence-corrected chi connectivity index (χ2v) is 1.65. The molecule has 0 spiro atoms. The monoisotopic (exact) mass is 143 g/mol. The third kappa shape index (κ3) is 196. The van der Waals surface area contributed by atoms with E-state index in [4.69, 9.17) is 19.2 Å². The molecule has 0 saturated heterocycles. The zero-order valence-corrected chi connectivity index (χ0v) is 7.37. The molecule has 0 rings (SSSR count). The molecule has 0 radical (unpaired) electrons. The van der Waals surface area contributed by atoms with Crippen LogP contribution >= 0.6 is 0 Å². The second kappa shape index (κ2) is 8.19. The van der Waals surface area contributed by atoms with Crippen molar-refractivity contribution < 1.29 is 54.2 Å². The summed E-state index contributed by atoms with van der Waals surface area (Å²) in [5.41, 5.74) is 0. The zero-order chi connectivity index (χ0) is 4.50. The smallest absolute Gasteiger partial charge is 0.870 e. The summed E-state index contributed by atoms with van der Waals surface area (Å²) >= 11 is 0. The van der Waals surface area contributed by atoms with Gasteiger partial charge in [-0.1, -0.05) is 0 Å². The van der Waals surface area contributed by atoms with Crippen molar-refractivity contribution in [3.8, 4) is 0 Å². The van der Waals surface area contributed by atoms with Crippen LogP contribution in [0.25, 0.3) is 0 Å². The molecule has 40 valence electrons. The van der Waals surface area contributed by atoms with Gasteiger partial charge in [0.15, 0.2) is 0 Å². The van der Waals surface area contributed by atoms with Crippen LogP contribution in [0, 0.1) is 0 Å². The Bertz CT molecular complexity index is 27.9. The minimum absolute atomic E-state index is 0. The van der Waals surface area contributed by atoms with Gasteiger partial charge < -0.3 is 24.7 Å². The Hall–Kier alpha value is 1.19. The van der Waals surface area contributed by atoms with E-state index in [2.05, 4.69) is 0 Å². The molecule has 0 aliphatic rings. The van der Waals surface area contributed by atoms with Crippen molar-refractivity contribution in [1.29, 1.82) is 0 Å². The molecule has 8 heavy (non-hydrogen) atoms. The first-order valence-electron chi connectivity index (χ1n) is 0.855. The molecule has 0 fully saturated rings. The zero-order valence-electron chi connectivity index (χ0n) is 4.37. The van der Waals surface area contributed by atoms with Crippen molar-refractivity contribution in [2.24, 2.45) is 0 Å². The van der Waals surface area contributed by atoms with Gasteiger partial charge in [-0.2, -0.15) is 0 Å². The minimum atomic E-state index is -5.11. The Labute approximate surface area is 73.3 Å². The fraction of sp³-hybridized carbons (Fsp3) is 0. The fourth-order valence-corrected chi connectivity index (χ4v) is 0. The summed E-state index contributed by atoms with van der Waals surface area (Å²) in [6.07, 6.45) is 0. The van der Waals surface area contributed by atoms with Crippen molar-refractivity contribution >= 4 is 19.2 Å². The van der Waals surface area contributed by atoms with Crippen molar-refractivity contribution in [3.05, 3.63) is 0 Å². The van der Waals surface area contributed by atoms with E-state index >= 15 is 0 Å². The summed E-state index contributed by atoms with van der Waals surface area (Å²) in [5, 5.41) is 0. The third-order valence-electron chi connectivity index (χ3n) is 0. The van der Waals surface area contributed by atoms with Crippen LogP contribution < -0.4 is 39.1 Å². The van der Waals surface area contributed by atoms with Gasteiger partial charge >= 0.3 is 39.7 Å². The van der Waals surface area contributed by atoms with Crippen LogP contribution in [0.4, 0.5) is 0 Å². The SMILES string of the molecule is [Be+2].[Na+].[O-][Si]([O-])(O)O.[OH-]. The van der Waals surface area contributed by atoms with E-state index in [0.717, 1.165) is 0 Å². The van der Waals surface area contributed by atoms with Crippen molar-refractivity contribution in [1.82, 2.24) is 0 Å². The maximum Gasteiger partial charge on any atom is 2.00 e. The summed E-state index contributed by atoms with van der Waals surface area (Å²) in [4.78, 5) is 31.8. The summed E-state index contributed by atoms with van der Waals surface area (Å²) < 4.78 is 0. The van der Waals surface area contributed by atoms with E-state index in [9.17, 15) is 0 Å². The molecule has 0 aromatic rings. The summed E-state index contributed by atoms with van der Waals surface area (Å²) in [5.74, 6) is 0. The number of rotatable bonds is 0. The molecule has 0 heterocycles. The fourth-order valence-electron chi connectivity index (χ4n) is 0. The van der Waals surface area contributed by atoms with Gasteiger partial charge in [0.2, 0.25) is 0 Å². The number of hydrogen-bond donors (Lipinski definition) is 2. The molecule has 5 nitrogen and oxygen atoms in total. The minimum Gasteiger partial charge on any atom is -0.870 e. The molecular formula is H3BeNaO5Si. The van der Waals surface area contributed by atoms with Crippen LogP contribution in [0.15, 0.2) is 0 Å². The van der Waals surface area contributed by atoms with Crippen LogP contribution in [0.5, 0.6) is 0 Å². The molecule has 8 heteroatoms. The van der Waals surface area contributed by atoms with E-state index < -0.39 is 9.05 Å². The number of hydrogen-bond acceptors (Lipinski definition) is 5. The molecule has 0 unspecified atom stereocenters. The average molecular weight is 143 g/mol. The van der Waals surface area contributed by atoms with E-state index in [0.29, 0.717) is 0 Å². The van der Waals surface area contributed by atoms with Crippen LogP contribution in [-0.4, -0.2) is 34.2 Å². The molecule has 0 aliphatic carbocycles. The van der Waals surface area contributed by atoms with Gasteiger partial charge in [-0.25, -0.2) is 0 Å². The van der Waals surface area contributed by atoms with Crippen LogP contribution in [0.3, 0.4) is 0 Å². The summed E-state index contributed by atoms with van der Waals surface area (Å²) in [7, 11) is -5.11. The van der Waals surface area contributed by atoms with Gasteiger partial charge in [0.1, 0.15) is 9.05 Å². The summed E-state index contributed by atoms with van der Waals surface area (Å²) in [6, 6.07) is 0. The molecule has 0 aromatic carbocycles. The summed E-state index contributed by atoms with van der Waals surface area (Å²) in [6.45, 7) is 0. The topological polar surface area (TPSA) is 117 Å². The van der Waals surface area contributed by atoms with Crippen LogP contribution in [0.2, 0.25) is 0 Å². The maximum absolute atomic E-state index is 8.80. The molecule has 0 atom stereocenters. The van der Waals surface area contributed by atoms with Gasteiger partial charge in [-0.05, 0) is 0 Å². The van der Waals surface area contributed by atoms with E-state index in [1.54, 1.807) is 0 Å². The Kier molecular flexibility index (Phi) is 23.4. The van der Waals surface area contributed by atoms with Crippen molar-refractivity contribution in [2.75, 3.05) is 0 Å². The van der Waals surface area contributed by atoms with Gasteiger partial charge in [-0.15, -0.1) is 0 Å². The molecule has 0 aromatic heterocycles. The normalized spacial score (nSPS) is 7.50. The quantitative estimate of drug-likeness (QED) is 0.327. The molecule has 0 saturated carbocycles. The predicted molar refractivity (Wildman–Crippen MR) is 17.9 cm³/mol. The second-order valence-electron chi connectivity index (χ2n) is 0.548. The Balaban J connectivity index is -0.0000000267. The van der Waals surface area contributed by atoms with Gasteiger partial charge in [-0.3, -0.25) is 0 Å². The van der Waals surface area contributed by atoms with Crippen LogP contribution in [0.1, 0.15) is 0 Å². The van der Waals surface area contributed by atoms with Crippen molar-refractivity contribution in [2.45, 2.75) is 0 Å². The predicted octanol–water partition coefficient (Wildman–Crippen LogP) is -7.43. The van der Waals surface area contributed by atoms with Gasteiger partial charge in [0.05, 0.1) is 0 Å². The van der Waals surface area contributed by atoms with Gasteiger partial charge in [0.25, 0.3) is 0 Å². The molecule has 0 amide bonds. The maximum atomic E-state index is 8.80. The Morgan fingerprint density at radius 1 is 1.12 bits per heavy atom. The van der Waals surface area contributed by atoms with Crippen molar-refractivity contribution in [3.63, 3.8) is 0 Å². The first kappa shape index (κ1) is 22.9. The van der Waals surface area contributed by atoms with Crippen LogP contribution in [-0.2, 0) is 0 Å². The average Bonchev–Trinajstić information content (AvgIpc) is 0.722. The third-order valence-corrected chi connectivity index (χ3v) is 0. The van der Waals surface area contributed by atoms with E-state index in [1.165, 1.54) is 0 Å². The largest absolute Gasteiger partial charge is 2.00 e. The first-order valence-corrected chi connectivity index (χ1v) is 2.57. The molecular weight excluding hydrogens is 140 g/mol. The first-order chi connectivity index (χ1) is 2.00. The Morgan fingerprint density at radius 2 is 1.12 bits per heavy atom. The van der Waals surface area contributed by atoms with E-state index in [-0.39, 0.29) is 45.2 Å².